The SMILES string of the molecule is CC1(C)c2cccnc2-n2c3cc(Oc4ccc5c6cccnc6n6cc(-c7ccccc7)nc6c5c4)ccc3c3cccc1c32. The van der Waals surface area contributed by atoms with Crippen LogP contribution in [0.5, 0.6) is 11.5 Å². The molecule has 6 heterocycles. The Morgan fingerprint density at radius 1 is 0.609 bits per heavy atom. The molecule has 218 valence electrons. The zero-order chi connectivity index (χ0) is 30.6. The van der Waals surface area contributed by atoms with Crippen molar-refractivity contribution in [3.05, 3.63) is 139 Å². The van der Waals surface area contributed by atoms with Crippen molar-refractivity contribution in [3.8, 4) is 28.6 Å². The normalized spacial score (nSPS) is 13.6. The maximum Gasteiger partial charge on any atom is 0.147 e. The molecule has 4 aromatic carbocycles. The van der Waals surface area contributed by atoms with Gasteiger partial charge in [0.05, 0.1) is 16.7 Å². The Morgan fingerprint density at radius 3 is 2.26 bits per heavy atom. The molecule has 1 aliphatic heterocycles. The molecule has 6 heteroatoms. The van der Waals surface area contributed by atoms with E-state index in [1.807, 2.05) is 48.8 Å². The minimum atomic E-state index is -0.157. The van der Waals surface area contributed by atoms with Crippen LogP contribution in [0, 0.1) is 0 Å². The van der Waals surface area contributed by atoms with Gasteiger partial charge in [0.25, 0.3) is 0 Å². The largest absolute Gasteiger partial charge is 0.457 e. The summed E-state index contributed by atoms with van der Waals surface area (Å²) in [6.45, 7) is 4.58. The van der Waals surface area contributed by atoms with Crippen LogP contribution in [-0.4, -0.2) is 23.9 Å². The van der Waals surface area contributed by atoms with Gasteiger partial charge in [-0.1, -0.05) is 68.4 Å². The lowest BCUT2D eigenvalue weighted by molar-refractivity contribution is 0.484. The molecule has 1 aliphatic rings. The topological polar surface area (TPSA) is 57.2 Å². The lowest BCUT2D eigenvalue weighted by atomic mass is 9.76. The monoisotopic (exact) mass is 593 g/mol. The number of imidazole rings is 1. The van der Waals surface area contributed by atoms with E-state index in [-0.39, 0.29) is 5.41 Å². The number of ether oxygens (including phenoxy) is 1. The predicted molar refractivity (Wildman–Crippen MR) is 184 cm³/mol. The van der Waals surface area contributed by atoms with Crippen molar-refractivity contribution in [1.82, 2.24) is 23.9 Å². The van der Waals surface area contributed by atoms with Crippen LogP contribution in [-0.2, 0) is 5.41 Å². The van der Waals surface area contributed by atoms with E-state index in [9.17, 15) is 0 Å². The molecule has 0 bridgehead atoms. The highest BCUT2D eigenvalue weighted by molar-refractivity contribution is 6.12. The van der Waals surface area contributed by atoms with Gasteiger partial charge in [0.1, 0.15) is 28.6 Å². The molecule has 6 nitrogen and oxygen atoms in total. The smallest absolute Gasteiger partial charge is 0.147 e. The second kappa shape index (κ2) is 9.02. The predicted octanol–water partition coefficient (Wildman–Crippen LogP) is 9.63. The van der Waals surface area contributed by atoms with Crippen LogP contribution in [0.15, 0.2) is 128 Å². The second-order valence-corrected chi connectivity index (χ2v) is 12.6. The molecule has 9 aromatic rings. The Morgan fingerprint density at radius 2 is 1.37 bits per heavy atom. The van der Waals surface area contributed by atoms with Crippen LogP contribution >= 0.6 is 0 Å². The van der Waals surface area contributed by atoms with Gasteiger partial charge in [0.15, 0.2) is 0 Å². The number of nitrogens with zero attached hydrogens (tertiary/aromatic N) is 5. The highest BCUT2D eigenvalue weighted by Gasteiger charge is 2.35. The fourth-order valence-electron chi connectivity index (χ4n) is 7.46. The van der Waals surface area contributed by atoms with Crippen LogP contribution in [0.2, 0.25) is 0 Å². The van der Waals surface area contributed by atoms with Gasteiger partial charge in [0, 0.05) is 62.7 Å². The highest BCUT2D eigenvalue weighted by Crippen LogP contribution is 2.47. The minimum absolute atomic E-state index is 0.157. The third-order valence-corrected chi connectivity index (χ3v) is 9.65. The number of fused-ring (bicyclic) bond motifs is 11. The summed E-state index contributed by atoms with van der Waals surface area (Å²) in [7, 11) is 0. The quantitative estimate of drug-likeness (QED) is 0.191. The van der Waals surface area contributed by atoms with Gasteiger partial charge in [-0.05, 0) is 59.5 Å². The number of aromatic nitrogens is 5. The van der Waals surface area contributed by atoms with Crippen LogP contribution in [0.1, 0.15) is 25.0 Å². The Balaban J connectivity index is 1.16. The fraction of sp³-hybridized carbons (Fsp3) is 0.0750. The van der Waals surface area contributed by atoms with Crippen LogP contribution in [0.3, 0.4) is 0 Å². The summed E-state index contributed by atoms with van der Waals surface area (Å²) in [6, 6.07) is 37.9. The number of benzene rings is 4. The van der Waals surface area contributed by atoms with E-state index in [1.165, 1.54) is 27.4 Å². The van der Waals surface area contributed by atoms with Crippen molar-refractivity contribution >= 4 is 49.3 Å². The van der Waals surface area contributed by atoms with Gasteiger partial charge in [-0.3, -0.25) is 8.97 Å². The van der Waals surface area contributed by atoms with E-state index < -0.39 is 0 Å². The maximum absolute atomic E-state index is 6.63. The maximum atomic E-state index is 6.63. The number of hydrogen-bond donors (Lipinski definition) is 0. The average Bonchev–Trinajstić information content (AvgIpc) is 3.69. The third kappa shape index (κ3) is 3.38. The zero-order valence-corrected chi connectivity index (χ0v) is 25.3. The molecule has 0 aliphatic carbocycles. The van der Waals surface area contributed by atoms with Crippen molar-refractivity contribution in [2.75, 3.05) is 0 Å². The molecule has 0 saturated heterocycles. The van der Waals surface area contributed by atoms with E-state index >= 15 is 0 Å². The molecule has 0 amide bonds. The first-order valence-corrected chi connectivity index (χ1v) is 15.5. The lowest BCUT2D eigenvalue weighted by Crippen LogP contribution is -2.26. The number of rotatable bonds is 3. The highest BCUT2D eigenvalue weighted by atomic mass is 16.5. The molecule has 0 atom stereocenters. The van der Waals surface area contributed by atoms with Gasteiger partial charge >= 0.3 is 0 Å². The summed E-state index contributed by atoms with van der Waals surface area (Å²) < 4.78 is 11.0. The van der Waals surface area contributed by atoms with Crippen molar-refractivity contribution in [1.29, 1.82) is 0 Å². The first kappa shape index (κ1) is 25.3. The molecular weight excluding hydrogens is 566 g/mol. The average molecular weight is 594 g/mol. The molecule has 0 N–H and O–H groups in total. The third-order valence-electron chi connectivity index (χ3n) is 9.65. The van der Waals surface area contributed by atoms with Crippen molar-refractivity contribution in [2.24, 2.45) is 0 Å². The standard InChI is InChI=1S/C40H27N5O/c1-40(2)32-13-6-11-29-28-18-16-26(22-35(28)45(36(29)32)39-33(40)14-8-20-42-39)46-25-15-17-27-30-12-7-19-41-37(30)44-23-34(24-9-4-3-5-10-24)43-38(44)31(27)21-25/h3-23H,1-2H3. The van der Waals surface area contributed by atoms with Crippen LogP contribution < -0.4 is 4.74 Å². The Labute approximate surface area is 264 Å². The van der Waals surface area contributed by atoms with E-state index in [2.05, 4.69) is 102 Å². The van der Waals surface area contributed by atoms with Crippen LogP contribution in [0.4, 0.5) is 0 Å². The van der Waals surface area contributed by atoms with E-state index in [4.69, 9.17) is 19.7 Å². The van der Waals surface area contributed by atoms with Gasteiger partial charge in [0.2, 0.25) is 0 Å². The molecule has 0 radical (unpaired) electrons. The van der Waals surface area contributed by atoms with Crippen LogP contribution in [0.25, 0.3) is 66.3 Å². The minimum Gasteiger partial charge on any atom is -0.457 e. The number of hydrogen-bond acceptors (Lipinski definition) is 4. The molecule has 0 spiro atoms. The number of pyridine rings is 3. The first-order valence-electron chi connectivity index (χ1n) is 15.5. The fourth-order valence-corrected chi connectivity index (χ4v) is 7.46. The summed E-state index contributed by atoms with van der Waals surface area (Å²) in [5, 5.41) is 5.58. The zero-order valence-electron chi connectivity index (χ0n) is 25.3. The van der Waals surface area contributed by atoms with Crippen molar-refractivity contribution in [2.45, 2.75) is 19.3 Å². The molecule has 0 unspecified atom stereocenters. The summed E-state index contributed by atoms with van der Waals surface area (Å²) >= 11 is 0. The number of para-hydroxylation sites is 1. The van der Waals surface area contributed by atoms with Gasteiger partial charge in [-0.15, -0.1) is 0 Å². The molecular formula is C40H27N5O. The van der Waals surface area contributed by atoms with Gasteiger partial charge in [-0.2, -0.15) is 0 Å². The summed E-state index contributed by atoms with van der Waals surface area (Å²) in [4.78, 5) is 14.7. The summed E-state index contributed by atoms with van der Waals surface area (Å²) in [6.07, 6.45) is 5.79. The Hall–Kier alpha value is -6.01. The second-order valence-electron chi connectivity index (χ2n) is 12.6. The Kier molecular flexibility index (Phi) is 4.97. The summed E-state index contributed by atoms with van der Waals surface area (Å²) in [5.41, 5.74) is 8.36. The molecule has 0 fully saturated rings. The van der Waals surface area contributed by atoms with E-state index in [0.29, 0.717) is 0 Å². The van der Waals surface area contributed by atoms with E-state index in [1.54, 1.807) is 0 Å². The van der Waals surface area contributed by atoms with Gasteiger partial charge < -0.3 is 4.74 Å². The van der Waals surface area contributed by atoms with Crippen molar-refractivity contribution < 1.29 is 4.74 Å². The Bertz CT molecular complexity index is 2700. The molecule has 10 rings (SSSR count). The van der Waals surface area contributed by atoms with Gasteiger partial charge in [-0.25, -0.2) is 15.0 Å². The van der Waals surface area contributed by atoms with Crippen molar-refractivity contribution in [3.63, 3.8) is 0 Å². The lowest BCUT2D eigenvalue weighted by Gasteiger charge is -2.33. The molecule has 46 heavy (non-hydrogen) atoms. The molecule has 0 saturated carbocycles. The summed E-state index contributed by atoms with van der Waals surface area (Å²) in [5.74, 6) is 2.49. The molecule has 5 aromatic heterocycles. The first-order chi connectivity index (χ1) is 22.6. The van der Waals surface area contributed by atoms with E-state index in [0.717, 1.165) is 61.5 Å².